The van der Waals surface area contributed by atoms with Crippen LogP contribution in [0.2, 0.25) is 0 Å². The Morgan fingerprint density at radius 2 is 2.26 bits per heavy atom. The Bertz CT molecular complexity index is 482. The van der Waals surface area contributed by atoms with E-state index in [9.17, 15) is 0 Å². The number of hydrogen-bond donors (Lipinski definition) is 1. The van der Waals surface area contributed by atoms with Gasteiger partial charge in [0.15, 0.2) is 0 Å². The van der Waals surface area contributed by atoms with Crippen molar-refractivity contribution < 1.29 is 4.74 Å². The number of aliphatic imine (C=N–C) groups is 1. The van der Waals surface area contributed by atoms with Crippen LogP contribution in [0.1, 0.15) is 31.2 Å². The predicted octanol–water partition coefficient (Wildman–Crippen LogP) is 2.10. The molecule has 1 fully saturated rings. The molecule has 102 valence electrons. The Morgan fingerprint density at radius 1 is 1.42 bits per heavy atom. The van der Waals surface area contributed by atoms with Gasteiger partial charge in [0, 0.05) is 18.8 Å². The molecule has 0 aromatic heterocycles. The van der Waals surface area contributed by atoms with Gasteiger partial charge in [0.1, 0.15) is 12.6 Å². The molecular weight excluding hydrogens is 238 g/mol. The summed E-state index contributed by atoms with van der Waals surface area (Å²) in [6.07, 6.45) is 2.68. The fourth-order valence-electron chi connectivity index (χ4n) is 2.59. The average Bonchev–Trinajstić information content (AvgIpc) is 3.20. The number of nitrogens with zero attached hydrogens (tertiary/aromatic N) is 2. The first-order chi connectivity index (χ1) is 9.26. The van der Waals surface area contributed by atoms with Crippen molar-refractivity contribution in [1.29, 1.82) is 0 Å². The summed E-state index contributed by atoms with van der Waals surface area (Å²) < 4.78 is 5.22. The van der Waals surface area contributed by atoms with Crippen molar-refractivity contribution in [2.45, 2.75) is 31.7 Å². The largest absolute Gasteiger partial charge is 0.463 e. The van der Waals surface area contributed by atoms with E-state index in [-0.39, 0.29) is 6.04 Å². The molecule has 1 aliphatic heterocycles. The van der Waals surface area contributed by atoms with Gasteiger partial charge in [0.05, 0.1) is 0 Å². The molecule has 19 heavy (non-hydrogen) atoms. The predicted molar refractivity (Wildman–Crippen MR) is 77.7 cm³/mol. The Labute approximate surface area is 114 Å². The molecule has 1 aromatic rings. The van der Waals surface area contributed by atoms with Gasteiger partial charge in [-0.2, -0.15) is 0 Å². The van der Waals surface area contributed by atoms with Crippen molar-refractivity contribution in [1.82, 2.24) is 0 Å². The molecule has 0 spiro atoms. The third kappa shape index (κ3) is 2.83. The quantitative estimate of drug-likeness (QED) is 0.881. The summed E-state index contributed by atoms with van der Waals surface area (Å²) in [5.41, 5.74) is 8.32. The summed E-state index contributed by atoms with van der Waals surface area (Å²) in [5, 5.41) is 0. The van der Waals surface area contributed by atoms with E-state index in [2.05, 4.69) is 41.1 Å². The lowest BCUT2D eigenvalue weighted by atomic mass is 10.1. The fraction of sp³-hybridized carbons (Fsp3) is 0.533. The molecular formula is C15H21N3O. The molecule has 1 aromatic carbocycles. The number of rotatable bonds is 5. The highest BCUT2D eigenvalue weighted by Gasteiger charge is 2.24. The maximum absolute atomic E-state index is 5.56. The van der Waals surface area contributed by atoms with Gasteiger partial charge in [0.25, 0.3) is 6.02 Å². The van der Waals surface area contributed by atoms with Gasteiger partial charge >= 0.3 is 0 Å². The molecule has 3 rings (SSSR count). The van der Waals surface area contributed by atoms with Crippen molar-refractivity contribution in [2.75, 3.05) is 24.6 Å². The lowest BCUT2D eigenvalue weighted by Crippen LogP contribution is -2.32. The van der Waals surface area contributed by atoms with Crippen LogP contribution in [0.5, 0.6) is 0 Å². The third-order valence-corrected chi connectivity index (χ3v) is 3.83. The number of benzene rings is 1. The van der Waals surface area contributed by atoms with Crippen LogP contribution >= 0.6 is 0 Å². The normalized spacial score (nSPS) is 21.9. The average molecular weight is 259 g/mol. The number of likely N-dealkylation sites (N-methyl/N-ethyl adjacent to an activating group) is 1. The van der Waals surface area contributed by atoms with E-state index in [0.29, 0.717) is 12.6 Å². The first kappa shape index (κ1) is 12.3. The summed E-state index contributed by atoms with van der Waals surface area (Å²) >= 11 is 0. The van der Waals surface area contributed by atoms with E-state index in [4.69, 9.17) is 10.5 Å². The van der Waals surface area contributed by atoms with Gasteiger partial charge in [-0.15, -0.1) is 0 Å². The molecule has 2 aliphatic rings. The molecule has 4 heteroatoms. The summed E-state index contributed by atoms with van der Waals surface area (Å²) in [6.45, 7) is 4.61. The first-order valence-electron chi connectivity index (χ1n) is 7.07. The molecule has 1 atom stereocenters. The molecule has 1 unspecified atom stereocenters. The lowest BCUT2D eigenvalue weighted by molar-refractivity contribution is 0.313. The SMILES string of the molecule is CCN(CC1COC(N)=N1)c1cccc(C2CC2)c1. The van der Waals surface area contributed by atoms with Crippen LogP contribution in [0.3, 0.4) is 0 Å². The highest BCUT2D eigenvalue weighted by atomic mass is 16.5. The van der Waals surface area contributed by atoms with Gasteiger partial charge in [-0.05, 0) is 43.4 Å². The van der Waals surface area contributed by atoms with Crippen LogP contribution in [0.4, 0.5) is 5.69 Å². The fourth-order valence-corrected chi connectivity index (χ4v) is 2.59. The van der Waals surface area contributed by atoms with Crippen molar-refractivity contribution in [3.63, 3.8) is 0 Å². The van der Waals surface area contributed by atoms with Crippen molar-refractivity contribution in [3.8, 4) is 0 Å². The van der Waals surface area contributed by atoms with E-state index in [1.807, 2.05) is 0 Å². The molecule has 0 saturated heterocycles. The number of anilines is 1. The second-order valence-electron chi connectivity index (χ2n) is 5.34. The van der Waals surface area contributed by atoms with Crippen LogP contribution < -0.4 is 10.6 Å². The Kier molecular flexibility index (Phi) is 3.32. The Hall–Kier alpha value is -1.71. The van der Waals surface area contributed by atoms with Gasteiger partial charge < -0.3 is 15.4 Å². The molecule has 2 N–H and O–H groups in total. The second kappa shape index (κ2) is 5.11. The van der Waals surface area contributed by atoms with Crippen LogP contribution in [0, 0.1) is 0 Å². The summed E-state index contributed by atoms with van der Waals surface area (Å²) in [6, 6.07) is 9.39. The van der Waals surface area contributed by atoms with Gasteiger partial charge in [-0.25, -0.2) is 4.99 Å². The summed E-state index contributed by atoms with van der Waals surface area (Å²) in [4.78, 5) is 6.65. The number of amidine groups is 1. The zero-order valence-corrected chi connectivity index (χ0v) is 11.4. The van der Waals surface area contributed by atoms with Crippen LogP contribution in [-0.2, 0) is 4.74 Å². The zero-order valence-electron chi connectivity index (χ0n) is 11.4. The van der Waals surface area contributed by atoms with Crippen LogP contribution in [0.15, 0.2) is 29.3 Å². The van der Waals surface area contributed by atoms with Gasteiger partial charge in [0.2, 0.25) is 0 Å². The van der Waals surface area contributed by atoms with E-state index in [1.165, 1.54) is 24.1 Å². The molecule has 1 saturated carbocycles. The van der Waals surface area contributed by atoms with E-state index in [0.717, 1.165) is 19.0 Å². The first-order valence-corrected chi connectivity index (χ1v) is 7.07. The molecule has 0 radical (unpaired) electrons. The lowest BCUT2D eigenvalue weighted by Gasteiger charge is -2.25. The van der Waals surface area contributed by atoms with Gasteiger partial charge in [-0.1, -0.05) is 12.1 Å². The number of nitrogens with two attached hydrogens (primary N) is 1. The maximum Gasteiger partial charge on any atom is 0.282 e. The maximum atomic E-state index is 5.56. The smallest absolute Gasteiger partial charge is 0.282 e. The highest BCUT2D eigenvalue weighted by molar-refractivity contribution is 5.73. The highest BCUT2D eigenvalue weighted by Crippen LogP contribution is 2.41. The minimum Gasteiger partial charge on any atom is -0.463 e. The molecule has 0 amide bonds. The van der Waals surface area contributed by atoms with Crippen LogP contribution in [-0.4, -0.2) is 31.8 Å². The van der Waals surface area contributed by atoms with E-state index < -0.39 is 0 Å². The standard InChI is InChI=1S/C15H21N3O/c1-2-18(9-13-10-19-15(16)17-13)14-5-3-4-12(8-14)11-6-7-11/h3-5,8,11,13H,2,6-7,9-10H2,1H3,(H2,16,17). The molecule has 1 aliphatic carbocycles. The van der Waals surface area contributed by atoms with E-state index >= 15 is 0 Å². The molecule has 4 nitrogen and oxygen atoms in total. The number of hydrogen-bond acceptors (Lipinski definition) is 4. The van der Waals surface area contributed by atoms with Crippen molar-refractivity contribution in [2.24, 2.45) is 10.7 Å². The van der Waals surface area contributed by atoms with Crippen LogP contribution in [0.25, 0.3) is 0 Å². The monoisotopic (exact) mass is 259 g/mol. The summed E-state index contributed by atoms with van der Waals surface area (Å²) in [7, 11) is 0. The van der Waals surface area contributed by atoms with Crippen molar-refractivity contribution in [3.05, 3.63) is 29.8 Å². The zero-order chi connectivity index (χ0) is 13.2. The minimum absolute atomic E-state index is 0.157. The molecule has 0 bridgehead atoms. The third-order valence-electron chi connectivity index (χ3n) is 3.83. The minimum atomic E-state index is 0.157. The van der Waals surface area contributed by atoms with Gasteiger partial charge in [-0.3, -0.25) is 0 Å². The Balaban J connectivity index is 1.72. The topological polar surface area (TPSA) is 50.9 Å². The second-order valence-corrected chi connectivity index (χ2v) is 5.34. The Morgan fingerprint density at radius 3 is 2.89 bits per heavy atom. The summed E-state index contributed by atoms with van der Waals surface area (Å²) in [5.74, 6) is 0.794. The molecule has 1 heterocycles. The number of ether oxygens (including phenoxy) is 1. The van der Waals surface area contributed by atoms with Crippen molar-refractivity contribution >= 4 is 11.7 Å². The van der Waals surface area contributed by atoms with E-state index in [1.54, 1.807) is 0 Å².